The van der Waals surface area contributed by atoms with Gasteiger partial charge in [0.1, 0.15) is 0 Å². The molecule has 1 atom stereocenters. The lowest BCUT2D eigenvalue weighted by Crippen LogP contribution is -2.33. The van der Waals surface area contributed by atoms with Crippen molar-refractivity contribution in [2.45, 2.75) is 59.3 Å². The number of methoxy groups -OCH3 is 1. The first-order chi connectivity index (χ1) is 17.0. The van der Waals surface area contributed by atoms with Crippen LogP contribution in [0, 0.1) is 13.8 Å². The van der Waals surface area contributed by atoms with Crippen LogP contribution in [0.5, 0.6) is 0 Å². The van der Waals surface area contributed by atoms with Gasteiger partial charge in [0.25, 0.3) is 5.56 Å². The first kappa shape index (κ1) is 24.8. The van der Waals surface area contributed by atoms with Gasteiger partial charge in [-0.25, -0.2) is 4.68 Å². The Morgan fingerprint density at radius 3 is 2.66 bits per heavy atom. The third kappa shape index (κ3) is 5.83. The van der Waals surface area contributed by atoms with Gasteiger partial charge in [-0.1, -0.05) is 49.7 Å². The Kier molecular flexibility index (Phi) is 8.05. The van der Waals surface area contributed by atoms with E-state index in [-0.39, 0.29) is 11.6 Å². The molecule has 4 aromatic rings. The van der Waals surface area contributed by atoms with E-state index < -0.39 is 0 Å². The summed E-state index contributed by atoms with van der Waals surface area (Å²) >= 11 is 0. The second-order valence-corrected chi connectivity index (χ2v) is 9.11. The van der Waals surface area contributed by atoms with E-state index in [0.29, 0.717) is 26.2 Å². The van der Waals surface area contributed by atoms with Gasteiger partial charge in [-0.15, -0.1) is 5.10 Å². The van der Waals surface area contributed by atoms with Gasteiger partial charge in [0.05, 0.1) is 19.2 Å². The second kappa shape index (κ2) is 11.4. The number of tetrazole rings is 1. The zero-order valence-corrected chi connectivity index (χ0v) is 21.0. The van der Waals surface area contributed by atoms with Crippen molar-refractivity contribution in [2.24, 2.45) is 0 Å². The van der Waals surface area contributed by atoms with Crippen molar-refractivity contribution in [3.8, 4) is 0 Å². The van der Waals surface area contributed by atoms with Crippen molar-refractivity contribution in [1.82, 2.24) is 30.1 Å². The van der Waals surface area contributed by atoms with E-state index in [1.807, 2.05) is 41.9 Å². The van der Waals surface area contributed by atoms with Crippen LogP contribution in [0.2, 0.25) is 0 Å². The summed E-state index contributed by atoms with van der Waals surface area (Å²) in [5.74, 6) is 0.795. The van der Waals surface area contributed by atoms with Crippen molar-refractivity contribution in [2.75, 3.05) is 13.7 Å². The Labute approximate surface area is 205 Å². The van der Waals surface area contributed by atoms with Crippen molar-refractivity contribution in [1.29, 1.82) is 0 Å². The molecule has 2 heterocycles. The molecule has 35 heavy (non-hydrogen) atoms. The molecule has 1 unspecified atom stereocenters. The summed E-state index contributed by atoms with van der Waals surface area (Å²) in [6, 6.07) is 16.5. The third-order valence-corrected chi connectivity index (χ3v) is 6.36. The molecule has 0 spiro atoms. The minimum Gasteiger partial charge on any atom is -0.383 e. The Balaban J connectivity index is 1.76. The molecule has 0 amide bonds. The van der Waals surface area contributed by atoms with Crippen LogP contribution in [0.15, 0.2) is 53.3 Å². The Morgan fingerprint density at radius 2 is 1.91 bits per heavy atom. The molecular weight excluding hydrogens is 440 g/mol. The molecule has 4 rings (SSSR count). The molecule has 8 nitrogen and oxygen atoms in total. The van der Waals surface area contributed by atoms with Crippen LogP contribution in [0.4, 0.5) is 0 Å². The number of aryl methyl sites for hydroxylation is 2. The molecule has 184 valence electrons. The number of rotatable bonds is 11. The van der Waals surface area contributed by atoms with Gasteiger partial charge in [0.2, 0.25) is 0 Å². The highest BCUT2D eigenvalue weighted by Gasteiger charge is 2.27. The number of nitrogens with zero attached hydrogens (tertiary/aromatic N) is 5. The largest absolute Gasteiger partial charge is 0.383 e. The van der Waals surface area contributed by atoms with Gasteiger partial charge in [0.15, 0.2) is 5.82 Å². The summed E-state index contributed by atoms with van der Waals surface area (Å²) in [6.45, 7) is 8.55. The number of H-pyrrole nitrogens is 1. The van der Waals surface area contributed by atoms with Crippen LogP contribution < -0.4 is 5.56 Å². The van der Waals surface area contributed by atoms with Crippen LogP contribution >= 0.6 is 0 Å². The van der Waals surface area contributed by atoms with E-state index in [2.05, 4.69) is 57.5 Å². The fourth-order valence-electron chi connectivity index (χ4n) is 4.68. The normalized spacial score (nSPS) is 12.5. The lowest BCUT2D eigenvalue weighted by atomic mass is 10.0. The molecule has 0 saturated carbocycles. The molecule has 0 aliphatic heterocycles. The average molecular weight is 475 g/mol. The monoisotopic (exact) mass is 474 g/mol. The molecular formula is C27H34N6O2. The lowest BCUT2D eigenvalue weighted by Gasteiger charge is -2.31. The molecule has 0 aliphatic rings. The number of hydrogen-bond acceptors (Lipinski definition) is 6. The van der Waals surface area contributed by atoms with Gasteiger partial charge in [-0.3, -0.25) is 9.69 Å². The molecule has 2 aromatic heterocycles. The minimum atomic E-state index is -0.0604. The predicted molar refractivity (Wildman–Crippen MR) is 137 cm³/mol. The maximum Gasteiger partial charge on any atom is 0.252 e. The molecule has 2 aromatic carbocycles. The van der Waals surface area contributed by atoms with Crippen molar-refractivity contribution in [3.63, 3.8) is 0 Å². The van der Waals surface area contributed by atoms with E-state index in [0.717, 1.165) is 46.3 Å². The van der Waals surface area contributed by atoms with E-state index in [1.54, 1.807) is 7.11 Å². The topological polar surface area (TPSA) is 88.9 Å². The van der Waals surface area contributed by atoms with Gasteiger partial charge in [-0.05, 0) is 59.5 Å². The molecule has 1 N–H and O–H groups in total. The van der Waals surface area contributed by atoms with Crippen LogP contribution in [0.1, 0.15) is 53.9 Å². The van der Waals surface area contributed by atoms with Crippen LogP contribution in [0.3, 0.4) is 0 Å². The van der Waals surface area contributed by atoms with Crippen molar-refractivity contribution in [3.05, 3.63) is 87.0 Å². The maximum absolute atomic E-state index is 13.2. The first-order valence-electron chi connectivity index (χ1n) is 12.2. The van der Waals surface area contributed by atoms with Crippen LogP contribution in [-0.2, 0) is 24.4 Å². The van der Waals surface area contributed by atoms with E-state index in [9.17, 15) is 4.79 Å². The van der Waals surface area contributed by atoms with Gasteiger partial charge in [0, 0.05) is 36.7 Å². The number of ether oxygens (including phenoxy) is 1. The highest BCUT2D eigenvalue weighted by molar-refractivity contribution is 5.83. The number of hydrogen-bond donors (Lipinski definition) is 1. The summed E-state index contributed by atoms with van der Waals surface area (Å²) < 4.78 is 7.08. The zero-order valence-electron chi connectivity index (χ0n) is 21.0. The summed E-state index contributed by atoms with van der Waals surface area (Å²) in [5, 5.41) is 13.7. The molecule has 0 radical (unpaired) electrons. The number of aromatic nitrogens is 5. The fourth-order valence-corrected chi connectivity index (χ4v) is 4.68. The highest BCUT2D eigenvalue weighted by Crippen LogP contribution is 2.28. The number of aromatic amines is 1. The molecule has 0 saturated heterocycles. The first-order valence-corrected chi connectivity index (χ1v) is 12.2. The number of nitrogens with one attached hydrogen (secondary N) is 1. The molecule has 0 bridgehead atoms. The Hall–Kier alpha value is -3.36. The van der Waals surface area contributed by atoms with Crippen LogP contribution in [0.25, 0.3) is 10.9 Å². The smallest absolute Gasteiger partial charge is 0.252 e. The van der Waals surface area contributed by atoms with E-state index in [4.69, 9.17) is 4.74 Å². The van der Waals surface area contributed by atoms with E-state index >= 15 is 0 Å². The average Bonchev–Trinajstić information content (AvgIpc) is 3.30. The lowest BCUT2D eigenvalue weighted by molar-refractivity contribution is 0.147. The minimum absolute atomic E-state index is 0.0544. The summed E-state index contributed by atoms with van der Waals surface area (Å²) in [7, 11) is 1.67. The van der Waals surface area contributed by atoms with Crippen molar-refractivity contribution < 1.29 is 4.74 Å². The number of fused-ring (bicyclic) bond motifs is 1. The number of pyridine rings is 1. The van der Waals surface area contributed by atoms with Crippen LogP contribution in [-0.4, -0.2) is 43.8 Å². The maximum atomic E-state index is 13.2. The van der Waals surface area contributed by atoms with E-state index in [1.165, 1.54) is 5.56 Å². The second-order valence-electron chi connectivity index (χ2n) is 9.11. The standard InChI is InChI=1S/C27H34N6O2/c1-5-9-25(26-29-30-31-33(26)12-13-35-4)32(17-21-10-7-6-8-11-21)18-22-16-23-20(3)14-19(2)15-24(23)28-27(22)34/h6-8,10-11,14-16,25H,5,9,12-13,17-18H2,1-4H3,(H,28,34). The number of benzene rings is 2. The zero-order chi connectivity index (χ0) is 24.8. The molecule has 8 heteroatoms. The molecule has 0 fully saturated rings. The Bertz CT molecular complexity index is 1310. The fraction of sp³-hybridized carbons (Fsp3) is 0.407. The summed E-state index contributed by atoms with van der Waals surface area (Å²) in [4.78, 5) is 18.6. The quantitative estimate of drug-likeness (QED) is 0.348. The third-order valence-electron chi connectivity index (χ3n) is 6.36. The van der Waals surface area contributed by atoms with Crippen molar-refractivity contribution >= 4 is 10.9 Å². The van der Waals surface area contributed by atoms with Gasteiger partial charge >= 0.3 is 0 Å². The predicted octanol–water partition coefficient (Wildman–Crippen LogP) is 4.32. The molecule has 0 aliphatic carbocycles. The summed E-state index contributed by atoms with van der Waals surface area (Å²) in [6.07, 6.45) is 1.82. The Morgan fingerprint density at radius 1 is 1.11 bits per heavy atom. The summed E-state index contributed by atoms with van der Waals surface area (Å²) in [5.41, 5.74) is 5.01. The SMILES string of the molecule is CCCC(c1nnnn1CCOC)N(Cc1ccccc1)Cc1cc2c(C)cc(C)cc2[nH]c1=O. The highest BCUT2D eigenvalue weighted by atomic mass is 16.5. The van der Waals surface area contributed by atoms with Gasteiger partial charge < -0.3 is 9.72 Å². The van der Waals surface area contributed by atoms with Gasteiger partial charge in [-0.2, -0.15) is 0 Å².